The van der Waals surface area contributed by atoms with Gasteiger partial charge < -0.3 is 0 Å². The zero-order valence-corrected chi connectivity index (χ0v) is 28.3. The Morgan fingerprint density at radius 2 is 0.676 bits per heavy atom. The fraction of sp³-hybridized carbons (Fsp3) is 0.600. The van der Waals surface area contributed by atoms with Crippen molar-refractivity contribution in [1.82, 2.24) is 0 Å². The Morgan fingerprint density at radius 1 is 0.441 bits per heavy atom. The Hall–Kier alpha value is -0.692. The van der Waals surface area contributed by atoms with Crippen LogP contribution in [0.15, 0.2) is 60.7 Å². The topological polar surface area (TPSA) is 0 Å². The molecule has 2 atom stereocenters. The summed E-state index contributed by atoms with van der Waals surface area (Å²) < 4.78 is 0.926. The molecule has 34 heavy (non-hydrogen) atoms. The quantitative estimate of drug-likeness (QED) is 0.330. The van der Waals surface area contributed by atoms with Crippen LogP contribution in [-0.2, 0) is 0 Å². The molecule has 1 fully saturated rings. The first-order valence-electron chi connectivity index (χ1n) is 13.5. The van der Waals surface area contributed by atoms with Crippen molar-refractivity contribution >= 4 is 32.3 Å². The average molecular weight is 525 g/mol. The van der Waals surface area contributed by atoms with E-state index in [4.69, 9.17) is 0 Å². The lowest BCUT2D eigenvalue weighted by molar-refractivity contribution is 0.300. The summed E-state index contributed by atoms with van der Waals surface area (Å²) >= 11 is 0. The van der Waals surface area contributed by atoms with Crippen LogP contribution in [-0.4, -0.2) is 32.3 Å². The molecule has 2 aromatic carbocycles. The van der Waals surface area contributed by atoms with Gasteiger partial charge in [0, 0.05) is 32.3 Å². The molecule has 0 N–H and O–H groups in total. The summed E-state index contributed by atoms with van der Waals surface area (Å²) in [6.07, 6.45) is 2.88. The van der Waals surface area contributed by atoms with Crippen LogP contribution >= 0.6 is 0 Å². The van der Waals surface area contributed by atoms with E-state index in [1.807, 2.05) is 0 Å². The maximum Gasteiger partial charge on any atom is 0.0485 e. The van der Waals surface area contributed by atoms with Gasteiger partial charge in [0.1, 0.15) is 0 Å². The number of hydrogen-bond acceptors (Lipinski definition) is 0. The predicted octanol–water partition coefficient (Wildman–Crippen LogP) is 10.3. The third kappa shape index (κ3) is 4.24. The second kappa shape index (κ2) is 9.00. The maximum absolute atomic E-state index is 2.71. The third-order valence-corrected chi connectivity index (χ3v) is 31.9. The van der Waals surface area contributed by atoms with Crippen LogP contribution in [0.25, 0.3) is 0 Å². The summed E-state index contributed by atoms with van der Waals surface area (Å²) in [4.78, 5) is 0. The van der Waals surface area contributed by atoms with Crippen LogP contribution in [0, 0.1) is 0 Å². The van der Waals surface area contributed by atoms with Crippen molar-refractivity contribution < 1.29 is 0 Å². The van der Waals surface area contributed by atoms with Gasteiger partial charge in [0.25, 0.3) is 0 Å². The van der Waals surface area contributed by atoms with Crippen molar-refractivity contribution in [3.05, 3.63) is 71.8 Å². The highest BCUT2D eigenvalue weighted by Crippen LogP contribution is 2.76. The zero-order chi connectivity index (χ0) is 25.8. The van der Waals surface area contributed by atoms with E-state index >= 15 is 0 Å². The van der Waals surface area contributed by atoms with Crippen molar-refractivity contribution in [3.63, 3.8) is 0 Å². The molecular formula is C30H52Si4. The summed E-state index contributed by atoms with van der Waals surface area (Å²) in [7, 11) is -6.20. The highest BCUT2D eigenvalue weighted by Gasteiger charge is 2.69. The van der Waals surface area contributed by atoms with Crippen LogP contribution in [0.2, 0.25) is 87.9 Å². The predicted molar refractivity (Wildman–Crippen MR) is 166 cm³/mol. The number of benzene rings is 2. The first-order valence-corrected chi connectivity index (χ1v) is 27.5. The van der Waals surface area contributed by atoms with Gasteiger partial charge in [0.05, 0.1) is 0 Å². The molecule has 1 saturated carbocycles. The first kappa shape index (κ1) is 27.9. The standard InChI is InChI=1S/C30H52Si4/c1-31(2,3)29(32(4,5)6)23-24-30(33(7,8)9,34(10,11)12)28(26-21-17-14-18-22-26)27(29)25-19-15-13-16-20-25/h13-22,27-28H,23-24H2,1-12H3. The van der Waals surface area contributed by atoms with Gasteiger partial charge in [-0.25, -0.2) is 0 Å². The number of hydrogen-bond donors (Lipinski definition) is 0. The van der Waals surface area contributed by atoms with E-state index in [0.717, 1.165) is 0 Å². The van der Waals surface area contributed by atoms with Crippen molar-refractivity contribution in [2.75, 3.05) is 0 Å². The lowest BCUT2D eigenvalue weighted by atomic mass is 9.70. The molecular weight excluding hydrogens is 473 g/mol. The first-order chi connectivity index (χ1) is 15.4. The SMILES string of the molecule is C[Si](C)(C)C1([Si](C)(C)C)CCC([Si](C)(C)C)([Si](C)(C)C)C(c2ccccc2)C1c1ccccc1. The lowest BCUT2D eigenvalue weighted by Gasteiger charge is -2.70. The van der Waals surface area contributed by atoms with Gasteiger partial charge >= 0.3 is 0 Å². The van der Waals surface area contributed by atoms with Crippen LogP contribution < -0.4 is 0 Å². The van der Waals surface area contributed by atoms with Crippen molar-refractivity contribution in [2.24, 2.45) is 0 Å². The van der Waals surface area contributed by atoms with Crippen LogP contribution in [0.5, 0.6) is 0 Å². The van der Waals surface area contributed by atoms with E-state index in [9.17, 15) is 0 Å². The van der Waals surface area contributed by atoms with E-state index in [1.54, 1.807) is 11.1 Å². The fourth-order valence-electron chi connectivity index (χ4n) is 9.17. The molecule has 0 amide bonds. The molecule has 4 heteroatoms. The molecule has 0 radical (unpaired) electrons. The maximum atomic E-state index is 2.71. The Morgan fingerprint density at radius 3 is 0.882 bits per heavy atom. The smallest absolute Gasteiger partial charge is 0.0485 e. The Labute approximate surface area is 216 Å². The molecule has 0 spiro atoms. The zero-order valence-electron chi connectivity index (χ0n) is 24.3. The van der Waals surface area contributed by atoms with Crippen LogP contribution in [0.1, 0.15) is 35.8 Å². The van der Waals surface area contributed by atoms with E-state index in [-0.39, 0.29) is 0 Å². The summed E-state index contributed by atoms with van der Waals surface area (Å²) in [6, 6.07) is 23.7. The van der Waals surface area contributed by atoms with Gasteiger partial charge in [-0.1, -0.05) is 152 Å². The molecule has 0 bridgehead atoms. The number of rotatable bonds is 6. The highest BCUT2D eigenvalue weighted by molar-refractivity contribution is 7.00. The van der Waals surface area contributed by atoms with E-state index in [1.165, 1.54) is 12.8 Å². The average Bonchev–Trinajstić information content (AvgIpc) is 2.70. The van der Waals surface area contributed by atoms with Gasteiger partial charge in [0.15, 0.2) is 0 Å². The molecule has 188 valence electrons. The lowest BCUT2D eigenvalue weighted by Crippen LogP contribution is -2.67. The van der Waals surface area contributed by atoms with Crippen molar-refractivity contribution in [1.29, 1.82) is 0 Å². The Kier molecular flexibility index (Phi) is 7.38. The monoisotopic (exact) mass is 524 g/mol. The molecule has 3 rings (SSSR count). The van der Waals surface area contributed by atoms with Gasteiger partial charge in [-0.2, -0.15) is 0 Å². The van der Waals surface area contributed by atoms with E-state index in [2.05, 4.69) is 139 Å². The van der Waals surface area contributed by atoms with Crippen molar-refractivity contribution in [2.45, 2.75) is 113 Å². The minimum atomic E-state index is -1.55. The minimum absolute atomic E-state index is 0.463. The Balaban J connectivity index is 2.54. The molecule has 0 nitrogen and oxygen atoms in total. The van der Waals surface area contributed by atoms with Crippen molar-refractivity contribution in [3.8, 4) is 0 Å². The Bertz CT molecular complexity index is 844. The normalized spacial score (nSPS) is 23.5. The molecule has 2 aromatic rings. The summed E-state index contributed by atoms with van der Waals surface area (Å²) in [5, 5.41) is 0. The van der Waals surface area contributed by atoms with Crippen LogP contribution in [0.4, 0.5) is 0 Å². The second-order valence-corrected chi connectivity index (χ2v) is 37.8. The molecule has 0 heterocycles. The van der Waals surface area contributed by atoms with Crippen LogP contribution in [0.3, 0.4) is 0 Å². The molecule has 1 aliphatic rings. The fourth-order valence-corrected chi connectivity index (χ4v) is 35.7. The van der Waals surface area contributed by atoms with Gasteiger partial charge in [-0.3, -0.25) is 0 Å². The summed E-state index contributed by atoms with van der Waals surface area (Å²) in [5.74, 6) is 1.23. The minimum Gasteiger partial charge on any atom is -0.0693 e. The van der Waals surface area contributed by atoms with Gasteiger partial charge in [-0.15, -0.1) is 0 Å². The molecule has 0 saturated heterocycles. The van der Waals surface area contributed by atoms with Gasteiger partial charge in [0.2, 0.25) is 0 Å². The van der Waals surface area contributed by atoms with Gasteiger partial charge in [-0.05, 0) is 32.3 Å². The highest BCUT2D eigenvalue weighted by atomic mass is 28.4. The largest absolute Gasteiger partial charge is 0.0693 e. The van der Waals surface area contributed by atoms with E-state index < -0.39 is 32.3 Å². The molecule has 0 aliphatic heterocycles. The second-order valence-electron chi connectivity index (χ2n) is 15.2. The molecule has 0 aromatic heterocycles. The third-order valence-electron chi connectivity index (χ3n) is 9.98. The molecule has 2 unspecified atom stereocenters. The van der Waals surface area contributed by atoms with E-state index in [0.29, 0.717) is 21.2 Å². The summed E-state index contributed by atoms with van der Waals surface area (Å²) in [6.45, 7) is 32.5. The molecule has 1 aliphatic carbocycles. The summed E-state index contributed by atoms with van der Waals surface area (Å²) in [5.41, 5.74) is 3.25.